The second kappa shape index (κ2) is 8.92. The molecule has 3 aliphatic rings. The summed E-state index contributed by atoms with van der Waals surface area (Å²) >= 11 is 2.06. The number of nitrogens with one attached hydrogen (secondary N) is 2. The van der Waals surface area contributed by atoms with Gasteiger partial charge in [-0.2, -0.15) is 11.8 Å². The molecule has 2 saturated heterocycles. The molecule has 0 spiro atoms. The van der Waals surface area contributed by atoms with E-state index >= 15 is 0 Å². The fraction of sp³-hybridized carbons (Fsp3) is 0.609. The van der Waals surface area contributed by atoms with Crippen LogP contribution in [0.25, 0.3) is 10.9 Å². The molecule has 2 bridgehead atoms. The van der Waals surface area contributed by atoms with E-state index in [1.807, 2.05) is 24.3 Å². The van der Waals surface area contributed by atoms with Crippen molar-refractivity contribution in [3.05, 3.63) is 30.1 Å². The van der Waals surface area contributed by atoms with Crippen LogP contribution >= 0.6 is 11.8 Å². The molecule has 2 unspecified atom stereocenters. The first-order chi connectivity index (χ1) is 15.1. The summed E-state index contributed by atoms with van der Waals surface area (Å²) in [5, 5.41) is 7.78. The second-order valence-corrected chi connectivity index (χ2v) is 10.4. The first kappa shape index (κ1) is 21.0. The SMILES string of the molecule is CC(C)C1Nc2nc(nc3ccccc23)CN2CCN(C3CCSCC3)CC2NC1=O. The Balaban J connectivity index is 1.48. The molecule has 166 valence electrons. The molecular formula is C23H32N6OS. The van der Waals surface area contributed by atoms with E-state index in [4.69, 9.17) is 9.97 Å². The highest BCUT2D eigenvalue weighted by Gasteiger charge is 2.35. The van der Waals surface area contributed by atoms with Gasteiger partial charge >= 0.3 is 0 Å². The molecule has 8 heteroatoms. The van der Waals surface area contributed by atoms with Gasteiger partial charge in [0, 0.05) is 31.1 Å². The Labute approximate surface area is 188 Å². The Bertz CT molecular complexity index is 947. The summed E-state index contributed by atoms with van der Waals surface area (Å²) in [6.45, 7) is 7.63. The third-order valence-corrected chi connectivity index (χ3v) is 7.82. The van der Waals surface area contributed by atoms with E-state index < -0.39 is 0 Å². The zero-order valence-electron chi connectivity index (χ0n) is 18.4. The lowest BCUT2D eigenvalue weighted by molar-refractivity contribution is -0.126. The molecule has 31 heavy (non-hydrogen) atoms. The number of carbonyl (C=O) groups is 1. The van der Waals surface area contributed by atoms with Crippen molar-refractivity contribution in [2.45, 2.75) is 51.5 Å². The second-order valence-electron chi connectivity index (χ2n) is 9.20. The molecule has 2 fully saturated rings. The Morgan fingerprint density at radius 2 is 1.84 bits per heavy atom. The summed E-state index contributed by atoms with van der Waals surface area (Å²) in [6.07, 6.45) is 2.48. The number of carbonyl (C=O) groups excluding carboxylic acids is 1. The van der Waals surface area contributed by atoms with Crippen LogP contribution in [0.1, 0.15) is 32.5 Å². The number of para-hydroxylation sites is 1. The van der Waals surface area contributed by atoms with E-state index in [2.05, 4.69) is 46.0 Å². The normalized spacial score (nSPS) is 26.4. The van der Waals surface area contributed by atoms with E-state index in [1.165, 1.54) is 24.3 Å². The molecule has 1 aromatic carbocycles. The smallest absolute Gasteiger partial charge is 0.244 e. The van der Waals surface area contributed by atoms with E-state index in [1.54, 1.807) is 0 Å². The molecule has 1 aromatic heterocycles. The highest BCUT2D eigenvalue weighted by molar-refractivity contribution is 7.99. The van der Waals surface area contributed by atoms with Crippen LogP contribution in [0.3, 0.4) is 0 Å². The maximum absolute atomic E-state index is 13.4. The Morgan fingerprint density at radius 3 is 2.65 bits per heavy atom. The number of benzene rings is 1. The number of hydrogen-bond donors (Lipinski definition) is 2. The van der Waals surface area contributed by atoms with Crippen LogP contribution in [0.4, 0.5) is 5.82 Å². The van der Waals surface area contributed by atoms with Crippen molar-refractivity contribution in [1.29, 1.82) is 0 Å². The number of nitrogens with zero attached hydrogens (tertiary/aromatic N) is 4. The number of amides is 1. The van der Waals surface area contributed by atoms with Gasteiger partial charge in [0.1, 0.15) is 17.7 Å². The highest BCUT2D eigenvalue weighted by Crippen LogP contribution is 2.27. The van der Waals surface area contributed by atoms with Gasteiger partial charge in [-0.15, -0.1) is 0 Å². The number of fused-ring (bicyclic) bond motifs is 5. The van der Waals surface area contributed by atoms with Crippen LogP contribution in [-0.4, -0.2) is 75.1 Å². The summed E-state index contributed by atoms with van der Waals surface area (Å²) in [7, 11) is 0. The maximum Gasteiger partial charge on any atom is 0.244 e. The minimum absolute atomic E-state index is 0.0181. The third-order valence-electron chi connectivity index (χ3n) is 6.77. The molecule has 3 aliphatic heterocycles. The monoisotopic (exact) mass is 440 g/mol. The topological polar surface area (TPSA) is 73.4 Å². The van der Waals surface area contributed by atoms with E-state index in [9.17, 15) is 4.79 Å². The van der Waals surface area contributed by atoms with Crippen molar-refractivity contribution in [2.24, 2.45) is 5.92 Å². The van der Waals surface area contributed by atoms with Crippen LogP contribution < -0.4 is 10.6 Å². The molecule has 7 nitrogen and oxygen atoms in total. The number of aromatic nitrogens is 2. The summed E-state index contributed by atoms with van der Waals surface area (Å²) in [6, 6.07) is 8.34. The number of thioether (sulfide) groups is 1. The fourth-order valence-corrected chi connectivity index (χ4v) is 6.05. The van der Waals surface area contributed by atoms with Crippen molar-refractivity contribution in [3.8, 4) is 0 Å². The van der Waals surface area contributed by atoms with Gasteiger partial charge in [-0.1, -0.05) is 26.0 Å². The summed E-state index contributed by atoms with van der Waals surface area (Å²) in [4.78, 5) is 28.0. The lowest BCUT2D eigenvalue weighted by Gasteiger charge is -2.45. The van der Waals surface area contributed by atoms with Crippen molar-refractivity contribution in [2.75, 3.05) is 36.5 Å². The van der Waals surface area contributed by atoms with Gasteiger partial charge in [-0.05, 0) is 42.4 Å². The Kier molecular flexibility index (Phi) is 6.03. The minimum atomic E-state index is -0.340. The Morgan fingerprint density at radius 1 is 1.06 bits per heavy atom. The van der Waals surface area contributed by atoms with Crippen molar-refractivity contribution >= 4 is 34.4 Å². The van der Waals surface area contributed by atoms with Gasteiger partial charge in [0.05, 0.1) is 18.2 Å². The molecule has 0 radical (unpaired) electrons. The van der Waals surface area contributed by atoms with Crippen LogP contribution in [0.15, 0.2) is 24.3 Å². The quantitative estimate of drug-likeness (QED) is 0.743. The minimum Gasteiger partial charge on any atom is -0.358 e. The van der Waals surface area contributed by atoms with Crippen molar-refractivity contribution in [3.63, 3.8) is 0 Å². The molecular weight excluding hydrogens is 408 g/mol. The van der Waals surface area contributed by atoms with E-state index in [0.29, 0.717) is 12.6 Å². The molecule has 0 saturated carbocycles. The zero-order chi connectivity index (χ0) is 21.4. The van der Waals surface area contributed by atoms with Crippen LogP contribution in [0, 0.1) is 5.92 Å². The molecule has 5 rings (SSSR count). The van der Waals surface area contributed by atoms with E-state index in [0.717, 1.165) is 42.2 Å². The highest BCUT2D eigenvalue weighted by atomic mass is 32.2. The van der Waals surface area contributed by atoms with Gasteiger partial charge in [0.15, 0.2) is 0 Å². The summed E-state index contributed by atoms with van der Waals surface area (Å²) < 4.78 is 0. The predicted molar refractivity (Wildman–Crippen MR) is 126 cm³/mol. The van der Waals surface area contributed by atoms with Gasteiger partial charge in [0.25, 0.3) is 0 Å². The molecule has 2 aromatic rings. The number of hydrogen-bond acceptors (Lipinski definition) is 7. The molecule has 2 N–H and O–H groups in total. The lowest BCUT2D eigenvalue weighted by atomic mass is 10.0. The van der Waals surface area contributed by atoms with Gasteiger partial charge in [-0.3, -0.25) is 14.6 Å². The van der Waals surface area contributed by atoms with E-state index in [-0.39, 0.29) is 24.0 Å². The lowest BCUT2D eigenvalue weighted by Crippen LogP contribution is -2.63. The average Bonchev–Trinajstić information content (AvgIpc) is 2.78. The molecule has 1 amide bonds. The first-order valence-electron chi connectivity index (χ1n) is 11.5. The predicted octanol–water partition coefficient (Wildman–Crippen LogP) is 2.54. The van der Waals surface area contributed by atoms with Crippen LogP contribution in [0.5, 0.6) is 0 Å². The largest absolute Gasteiger partial charge is 0.358 e. The Hall–Kier alpha value is -1.90. The van der Waals surface area contributed by atoms with Gasteiger partial charge < -0.3 is 10.6 Å². The molecule has 2 atom stereocenters. The molecule has 0 aliphatic carbocycles. The van der Waals surface area contributed by atoms with Gasteiger partial charge in [-0.25, -0.2) is 9.97 Å². The summed E-state index contributed by atoms with van der Waals surface area (Å²) in [5.74, 6) is 4.25. The maximum atomic E-state index is 13.4. The molecule has 4 heterocycles. The number of rotatable bonds is 2. The number of piperazine rings is 1. The zero-order valence-corrected chi connectivity index (χ0v) is 19.2. The van der Waals surface area contributed by atoms with Crippen LogP contribution in [0.2, 0.25) is 0 Å². The van der Waals surface area contributed by atoms with Crippen molar-refractivity contribution < 1.29 is 4.79 Å². The van der Waals surface area contributed by atoms with Gasteiger partial charge in [0.2, 0.25) is 5.91 Å². The first-order valence-corrected chi connectivity index (χ1v) is 12.6. The fourth-order valence-electron chi connectivity index (χ4n) is 4.97. The average molecular weight is 441 g/mol. The van der Waals surface area contributed by atoms with Crippen molar-refractivity contribution in [1.82, 2.24) is 25.1 Å². The summed E-state index contributed by atoms with van der Waals surface area (Å²) in [5.41, 5.74) is 0.924. The third kappa shape index (κ3) is 4.38. The standard InChI is InChI=1S/C23H32N6OS/c1-15(2)21-23(30)26-20-14-28(16-7-11-31-12-8-16)9-10-29(20)13-19-24-18-6-4-3-5-17(18)22(25-19)27-21/h3-6,15-16,20-21H,7-14H2,1-2H3,(H,26,30)(H,24,25,27). The number of anilines is 1. The van der Waals surface area contributed by atoms with Crippen LogP contribution in [-0.2, 0) is 11.3 Å².